The smallest absolute Gasteiger partial charge is 0.326 e. The summed E-state index contributed by atoms with van der Waals surface area (Å²) < 4.78 is 17.5. The van der Waals surface area contributed by atoms with Crippen molar-refractivity contribution in [3.63, 3.8) is 0 Å². The molecule has 2 aromatic carbocycles. The third kappa shape index (κ3) is 7.02. The van der Waals surface area contributed by atoms with E-state index in [0.717, 1.165) is 22.2 Å². The second-order valence-corrected chi connectivity index (χ2v) is 9.87. The van der Waals surface area contributed by atoms with Gasteiger partial charge in [-0.15, -0.1) is 0 Å². The average Bonchev–Trinajstić information content (AvgIpc) is 3.06. The second kappa shape index (κ2) is 12.5. The monoisotopic (exact) mass is 581 g/mol. The van der Waals surface area contributed by atoms with Crippen LogP contribution in [0.15, 0.2) is 45.8 Å². The van der Waals surface area contributed by atoms with E-state index in [2.05, 4.69) is 15.9 Å². The molecule has 1 aliphatic rings. The lowest BCUT2D eigenvalue weighted by Gasteiger charge is -2.15. The Morgan fingerprint density at radius 2 is 1.94 bits per heavy atom. The summed E-state index contributed by atoms with van der Waals surface area (Å²) in [5.41, 5.74) is 1.45. The summed E-state index contributed by atoms with van der Waals surface area (Å²) in [5.74, 6) is -0.208. The first-order valence-corrected chi connectivity index (χ1v) is 13.0. The van der Waals surface area contributed by atoms with Gasteiger partial charge in [-0.2, -0.15) is 0 Å². The zero-order chi connectivity index (χ0) is 25.5. The van der Waals surface area contributed by atoms with Crippen molar-refractivity contribution in [2.75, 3.05) is 13.2 Å². The quantitative estimate of drug-likeness (QED) is 0.235. The number of nitrogens with zero attached hydrogens (tertiary/aromatic N) is 1. The summed E-state index contributed by atoms with van der Waals surface area (Å²) in [6.45, 7) is 5.69. The van der Waals surface area contributed by atoms with Gasteiger partial charge in [0, 0.05) is 10.6 Å². The molecule has 1 atom stereocenters. The fourth-order valence-corrected chi connectivity index (χ4v) is 4.70. The Kier molecular flexibility index (Phi) is 9.65. The van der Waals surface area contributed by atoms with Gasteiger partial charge in [0.15, 0.2) is 11.5 Å². The zero-order valence-electron chi connectivity index (χ0n) is 19.5. The minimum atomic E-state index is -0.621. The van der Waals surface area contributed by atoms with E-state index in [1.54, 1.807) is 31.2 Å². The molecule has 35 heavy (non-hydrogen) atoms. The minimum absolute atomic E-state index is 0.199. The van der Waals surface area contributed by atoms with Crippen molar-refractivity contribution >= 4 is 62.5 Å². The van der Waals surface area contributed by atoms with Gasteiger partial charge < -0.3 is 14.2 Å². The lowest BCUT2D eigenvalue weighted by Crippen LogP contribution is -2.35. The highest BCUT2D eigenvalue weighted by molar-refractivity contribution is 9.10. The van der Waals surface area contributed by atoms with E-state index in [1.807, 2.05) is 32.0 Å². The van der Waals surface area contributed by atoms with Gasteiger partial charge in [0.05, 0.1) is 22.1 Å². The van der Waals surface area contributed by atoms with E-state index in [4.69, 9.17) is 25.8 Å². The van der Waals surface area contributed by atoms with Crippen molar-refractivity contribution in [2.45, 2.75) is 39.9 Å². The molecule has 7 nitrogen and oxygen atoms in total. The fraction of sp³-hybridized carbons (Fsp3) is 0.320. The van der Waals surface area contributed by atoms with Crippen molar-refractivity contribution in [3.8, 4) is 11.5 Å². The van der Waals surface area contributed by atoms with Crippen LogP contribution in [0.4, 0.5) is 4.79 Å². The normalized spacial score (nSPS) is 15.5. The molecule has 0 bridgehead atoms. The van der Waals surface area contributed by atoms with E-state index in [1.165, 1.54) is 0 Å². The Bertz CT molecular complexity index is 1150. The molecule has 0 unspecified atom stereocenters. The molecular formula is C25H25BrClNO6S. The number of carbonyl (C=O) groups is 3. The Labute approximate surface area is 221 Å². The SMILES string of the molecule is CCOc1cc(/C=C2/SC(=O)N(CC(=O)O[C@H](C)CC)C2=O)cc(Br)c1OCc1ccccc1Cl. The number of carbonyl (C=O) groups excluding carboxylic acids is 3. The first-order chi connectivity index (χ1) is 16.7. The van der Waals surface area contributed by atoms with E-state index in [9.17, 15) is 14.4 Å². The van der Waals surface area contributed by atoms with Gasteiger partial charge in [-0.25, -0.2) is 0 Å². The van der Waals surface area contributed by atoms with Crippen molar-refractivity contribution in [1.29, 1.82) is 0 Å². The molecule has 186 valence electrons. The number of thioether (sulfide) groups is 1. The third-order valence-corrected chi connectivity index (χ3v) is 6.89. The Morgan fingerprint density at radius 1 is 1.20 bits per heavy atom. The molecule has 2 aromatic rings. The van der Waals surface area contributed by atoms with E-state index >= 15 is 0 Å². The largest absolute Gasteiger partial charge is 0.490 e. The molecule has 0 N–H and O–H groups in total. The molecule has 0 saturated carbocycles. The molecule has 1 heterocycles. The third-order valence-electron chi connectivity index (χ3n) is 5.03. The second-order valence-electron chi connectivity index (χ2n) is 7.62. The lowest BCUT2D eigenvalue weighted by molar-refractivity contribution is -0.150. The van der Waals surface area contributed by atoms with Crippen LogP contribution in [0.3, 0.4) is 0 Å². The number of hydrogen-bond donors (Lipinski definition) is 0. The average molecular weight is 583 g/mol. The summed E-state index contributed by atoms with van der Waals surface area (Å²) >= 11 is 10.5. The molecule has 10 heteroatoms. The van der Waals surface area contributed by atoms with Crippen LogP contribution in [-0.4, -0.2) is 41.3 Å². The molecule has 0 spiro atoms. The lowest BCUT2D eigenvalue weighted by atomic mass is 10.1. The maximum absolute atomic E-state index is 12.8. The number of amides is 2. The van der Waals surface area contributed by atoms with Crippen LogP contribution in [0.2, 0.25) is 5.02 Å². The van der Waals surface area contributed by atoms with E-state index in [-0.39, 0.29) is 17.6 Å². The molecule has 3 rings (SSSR count). The van der Waals surface area contributed by atoms with Gasteiger partial charge in [0.2, 0.25) is 0 Å². The summed E-state index contributed by atoms with van der Waals surface area (Å²) in [4.78, 5) is 38.3. The van der Waals surface area contributed by atoms with Crippen molar-refractivity contribution in [2.24, 2.45) is 0 Å². The predicted octanol–water partition coefficient (Wildman–Crippen LogP) is 6.46. The summed E-state index contributed by atoms with van der Waals surface area (Å²) in [7, 11) is 0. The number of esters is 1. The molecule has 0 aromatic heterocycles. The molecule has 1 saturated heterocycles. The minimum Gasteiger partial charge on any atom is -0.490 e. The van der Waals surface area contributed by atoms with Crippen molar-refractivity contribution < 1.29 is 28.6 Å². The summed E-state index contributed by atoms with van der Waals surface area (Å²) in [6.07, 6.45) is 1.93. The number of imide groups is 1. The molecule has 0 aliphatic carbocycles. The Morgan fingerprint density at radius 3 is 2.63 bits per heavy atom. The Balaban J connectivity index is 1.80. The highest BCUT2D eigenvalue weighted by atomic mass is 79.9. The molecule has 1 aliphatic heterocycles. The Hall–Kier alpha value is -2.49. The van der Waals surface area contributed by atoms with Crippen LogP contribution in [0.1, 0.15) is 38.3 Å². The van der Waals surface area contributed by atoms with Gasteiger partial charge in [-0.1, -0.05) is 36.7 Å². The first kappa shape index (κ1) is 27.1. The van der Waals surface area contributed by atoms with Crippen LogP contribution in [0.5, 0.6) is 11.5 Å². The van der Waals surface area contributed by atoms with Gasteiger partial charge in [-0.05, 0) is 77.8 Å². The highest BCUT2D eigenvalue weighted by Gasteiger charge is 2.37. The van der Waals surface area contributed by atoms with Gasteiger partial charge in [0.25, 0.3) is 11.1 Å². The van der Waals surface area contributed by atoms with E-state index in [0.29, 0.717) is 39.6 Å². The number of halogens is 2. The number of ether oxygens (including phenoxy) is 3. The van der Waals surface area contributed by atoms with Crippen LogP contribution in [0, 0.1) is 0 Å². The standard InChI is InChI=1S/C25H25BrClNO6S/c1-4-15(3)34-22(29)13-28-24(30)21(35-25(28)31)12-16-10-18(26)23(20(11-16)32-5-2)33-14-17-8-6-7-9-19(17)27/h6-12,15H,4-5,13-14H2,1-3H3/b21-12+/t15-/m1/s1. The van der Waals surface area contributed by atoms with Crippen molar-refractivity contribution in [3.05, 3.63) is 61.9 Å². The first-order valence-electron chi connectivity index (χ1n) is 11.0. The van der Waals surface area contributed by atoms with Crippen molar-refractivity contribution in [1.82, 2.24) is 4.90 Å². The molecule has 0 radical (unpaired) electrons. The molecular weight excluding hydrogens is 558 g/mol. The maximum atomic E-state index is 12.8. The molecule has 2 amide bonds. The van der Waals surface area contributed by atoms with Crippen LogP contribution in [0.25, 0.3) is 6.08 Å². The molecule has 1 fully saturated rings. The number of benzene rings is 2. The van der Waals surface area contributed by atoms with Crippen LogP contribution in [-0.2, 0) is 20.9 Å². The van der Waals surface area contributed by atoms with Gasteiger partial charge in [0.1, 0.15) is 13.2 Å². The van der Waals surface area contributed by atoms with Gasteiger partial charge in [-0.3, -0.25) is 19.3 Å². The van der Waals surface area contributed by atoms with E-state index < -0.39 is 23.7 Å². The predicted molar refractivity (Wildman–Crippen MR) is 140 cm³/mol. The number of hydrogen-bond acceptors (Lipinski definition) is 7. The fourth-order valence-electron chi connectivity index (χ4n) is 3.10. The van der Waals surface area contributed by atoms with Crippen LogP contribution >= 0.6 is 39.3 Å². The number of rotatable bonds is 10. The summed E-state index contributed by atoms with van der Waals surface area (Å²) in [6, 6.07) is 10.9. The maximum Gasteiger partial charge on any atom is 0.326 e. The topological polar surface area (TPSA) is 82.1 Å². The highest BCUT2D eigenvalue weighted by Crippen LogP contribution is 2.40. The van der Waals surface area contributed by atoms with Crippen LogP contribution < -0.4 is 9.47 Å². The zero-order valence-corrected chi connectivity index (χ0v) is 22.7. The van der Waals surface area contributed by atoms with Gasteiger partial charge >= 0.3 is 5.97 Å². The summed E-state index contributed by atoms with van der Waals surface area (Å²) in [5, 5.41) is 0.0769.